The van der Waals surface area contributed by atoms with Gasteiger partial charge in [-0.25, -0.2) is 17.8 Å². The highest BCUT2D eigenvalue weighted by atomic mass is 32.2. The summed E-state index contributed by atoms with van der Waals surface area (Å²) in [5.74, 6) is -0.181. The zero-order valence-electron chi connectivity index (χ0n) is 15.4. The number of carbonyl (C=O) groups is 1. The van der Waals surface area contributed by atoms with Crippen LogP contribution in [0.1, 0.15) is 10.4 Å². The van der Waals surface area contributed by atoms with Gasteiger partial charge in [0.05, 0.1) is 16.3 Å². The molecular formula is C19H16FN3O4S2. The molecule has 0 spiro atoms. The van der Waals surface area contributed by atoms with E-state index in [9.17, 15) is 17.6 Å². The van der Waals surface area contributed by atoms with Crippen molar-refractivity contribution in [2.75, 3.05) is 16.6 Å². The van der Waals surface area contributed by atoms with E-state index in [1.54, 1.807) is 18.2 Å². The Balaban J connectivity index is 1.65. The number of halogens is 1. The number of rotatable bonds is 4. The molecule has 0 atom stereocenters. The van der Waals surface area contributed by atoms with Crippen LogP contribution < -0.4 is 14.8 Å². The van der Waals surface area contributed by atoms with Crippen LogP contribution in [-0.4, -0.2) is 25.9 Å². The van der Waals surface area contributed by atoms with Crippen LogP contribution in [-0.2, 0) is 14.8 Å². The van der Waals surface area contributed by atoms with Gasteiger partial charge in [0.2, 0.25) is 0 Å². The monoisotopic (exact) mass is 433 g/mol. The van der Waals surface area contributed by atoms with Crippen molar-refractivity contribution in [3.05, 3.63) is 52.7 Å². The van der Waals surface area contributed by atoms with E-state index >= 15 is 0 Å². The van der Waals surface area contributed by atoms with Gasteiger partial charge in [-0.05, 0) is 55.8 Å². The van der Waals surface area contributed by atoms with Crippen LogP contribution in [0.15, 0.2) is 41.3 Å². The Hall–Kier alpha value is -2.98. The number of benzene rings is 2. The highest BCUT2D eigenvalue weighted by Gasteiger charge is 2.22. The number of aromatic nitrogens is 1. The zero-order valence-corrected chi connectivity index (χ0v) is 17.1. The van der Waals surface area contributed by atoms with Gasteiger partial charge in [-0.1, -0.05) is 0 Å². The first kappa shape index (κ1) is 19.3. The fraction of sp³-hybridized carbons (Fsp3) is 0.158. The SMILES string of the molecule is Cc1cc(F)ccc1S(=O)(=O)Nc1nc(-c2ccc3c(c2)NC(=O)CO3)c(C)s1. The summed E-state index contributed by atoms with van der Waals surface area (Å²) in [6, 6.07) is 8.74. The second kappa shape index (κ2) is 7.12. The predicted octanol–water partition coefficient (Wildman–Crippen LogP) is 3.70. The quantitative estimate of drug-likeness (QED) is 0.654. The lowest BCUT2D eigenvalue weighted by Crippen LogP contribution is -2.25. The average molecular weight is 433 g/mol. The van der Waals surface area contributed by atoms with Gasteiger partial charge < -0.3 is 10.1 Å². The van der Waals surface area contributed by atoms with E-state index in [0.29, 0.717) is 28.3 Å². The third kappa shape index (κ3) is 3.81. The molecule has 0 aliphatic carbocycles. The maximum atomic E-state index is 13.3. The van der Waals surface area contributed by atoms with Crippen LogP contribution in [0.25, 0.3) is 11.3 Å². The number of aryl methyl sites for hydroxylation is 2. The van der Waals surface area contributed by atoms with Gasteiger partial charge in [0, 0.05) is 10.4 Å². The smallest absolute Gasteiger partial charge is 0.263 e. The van der Waals surface area contributed by atoms with Crippen molar-refractivity contribution in [2.45, 2.75) is 18.7 Å². The number of amides is 1. The van der Waals surface area contributed by atoms with Crippen molar-refractivity contribution >= 4 is 38.1 Å². The van der Waals surface area contributed by atoms with Crippen molar-refractivity contribution in [2.24, 2.45) is 0 Å². The molecule has 1 aliphatic heterocycles. The molecule has 2 aromatic carbocycles. The van der Waals surface area contributed by atoms with Crippen LogP contribution in [0, 0.1) is 19.7 Å². The second-order valence-corrected chi connectivity index (χ2v) is 9.34. The summed E-state index contributed by atoms with van der Waals surface area (Å²) in [6.07, 6.45) is 0. The van der Waals surface area contributed by atoms with Crippen molar-refractivity contribution in [1.29, 1.82) is 0 Å². The number of anilines is 2. The molecule has 2 N–H and O–H groups in total. The number of thiazole rings is 1. The molecule has 0 fully saturated rings. The normalized spacial score (nSPS) is 13.4. The van der Waals surface area contributed by atoms with E-state index in [1.807, 2.05) is 6.92 Å². The van der Waals surface area contributed by atoms with Gasteiger partial charge in [0.25, 0.3) is 15.9 Å². The van der Waals surface area contributed by atoms with Crippen molar-refractivity contribution < 1.29 is 22.3 Å². The zero-order chi connectivity index (χ0) is 20.8. The maximum Gasteiger partial charge on any atom is 0.263 e. The lowest BCUT2D eigenvalue weighted by atomic mass is 10.1. The molecule has 0 bridgehead atoms. The molecule has 1 aliphatic rings. The van der Waals surface area contributed by atoms with Crippen LogP contribution in [0.3, 0.4) is 0 Å². The van der Waals surface area contributed by atoms with Gasteiger partial charge in [0.15, 0.2) is 11.7 Å². The summed E-state index contributed by atoms with van der Waals surface area (Å²) in [6.45, 7) is 3.32. The standard InChI is InChI=1S/C19H16FN3O4S2/c1-10-7-13(20)4-6-16(10)29(25,26)23-19-22-18(11(2)28-19)12-3-5-15-14(8-12)21-17(24)9-27-15/h3-8H,9H2,1-2H3,(H,21,24)(H,22,23). The highest BCUT2D eigenvalue weighted by Crippen LogP contribution is 2.36. The van der Waals surface area contributed by atoms with Gasteiger partial charge in [-0.15, -0.1) is 11.3 Å². The molecular weight excluding hydrogens is 417 g/mol. The lowest BCUT2D eigenvalue weighted by molar-refractivity contribution is -0.118. The summed E-state index contributed by atoms with van der Waals surface area (Å²) in [7, 11) is -3.91. The van der Waals surface area contributed by atoms with E-state index in [2.05, 4.69) is 15.0 Å². The Morgan fingerprint density at radius 3 is 2.76 bits per heavy atom. The molecule has 29 heavy (non-hydrogen) atoms. The number of hydrogen-bond acceptors (Lipinski definition) is 6. The number of nitrogens with zero attached hydrogens (tertiary/aromatic N) is 1. The molecule has 1 amide bonds. The first-order valence-corrected chi connectivity index (χ1v) is 10.9. The molecule has 2 heterocycles. The van der Waals surface area contributed by atoms with Crippen LogP contribution in [0.5, 0.6) is 5.75 Å². The van der Waals surface area contributed by atoms with Crippen LogP contribution in [0.4, 0.5) is 15.2 Å². The molecule has 0 saturated carbocycles. The number of nitrogens with one attached hydrogen (secondary N) is 2. The molecule has 7 nitrogen and oxygen atoms in total. The van der Waals surface area contributed by atoms with Crippen molar-refractivity contribution in [1.82, 2.24) is 4.98 Å². The Labute approximate surface area is 170 Å². The molecule has 3 aromatic rings. The van der Waals surface area contributed by atoms with E-state index < -0.39 is 15.8 Å². The number of ether oxygens (including phenoxy) is 1. The molecule has 150 valence electrons. The second-order valence-electron chi connectivity index (χ2n) is 6.49. The fourth-order valence-electron chi connectivity index (χ4n) is 3.02. The van der Waals surface area contributed by atoms with Gasteiger partial charge in [-0.2, -0.15) is 0 Å². The third-order valence-corrected chi connectivity index (χ3v) is 6.85. The van der Waals surface area contributed by atoms with Crippen LogP contribution in [0.2, 0.25) is 0 Å². The van der Waals surface area contributed by atoms with Crippen LogP contribution >= 0.6 is 11.3 Å². The molecule has 0 radical (unpaired) electrons. The Kier molecular flexibility index (Phi) is 4.75. The fourth-order valence-corrected chi connectivity index (χ4v) is 5.32. The summed E-state index contributed by atoms with van der Waals surface area (Å²) in [4.78, 5) is 16.7. The summed E-state index contributed by atoms with van der Waals surface area (Å²) in [5.41, 5.74) is 2.14. The van der Waals surface area contributed by atoms with E-state index in [-0.39, 0.29) is 22.5 Å². The minimum atomic E-state index is -3.91. The molecule has 0 saturated heterocycles. The van der Waals surface area contributed by atoms with Gasteiger partial charge in [-0.3, -0.25) is 9.52 Å². The number of carbonyl (C=O) groups excluding carboxylic acids is 1. The Morgan fingerprint density at radius 2 is 2.00 bits per heavy atom. The van der Waals surface area contributed by atoms with Crippen molar-refractivity contribution in [3.8, 4) is 17.0 Å². The summed E-state index contributed by atoms with van der Waals surface area (Å²) >= 11 is 1.18. The van der Waals surface area contributed by atoms with Gasteiger partial charge >= 0.3 is 0 Å². The predicted molar refractivity (Wildman–Crippen MR) is 108 cm³/mol. The first-order chi connectivity index (χ1) is 13.7. The van der Waals surface area contributed by atoms with E-state index in [4.69, 9.17) is 4.74 Å². The minimum Gasteiger partial charge on any atom is -0.482 e. The third-order valence-electron chi connectivity index (χ3n) is 4.33. The molecule has 10 heteroatoms. The maximum absolute atomic E-state index is 13.3. The minimum absolute atomic E-state index is 0.0121. The molecule has 1 aromatic heterocycles. The largest absolute Gasteiger partial charge is 0.482 e. The van der Waals surface area contributed by atoms with Gasteiger partial charge in [0.1, 0.15) is 11.6 Å². The summed E-state index contributed by atoms with van der Waals surface area (Å²) in [5, 5.41) is 2.93. The first-order valence-electron chi connectivity index (χ1n) is 8.56. The lowest BCUT2D eigenvalue weighted by Gasteiger charge is -2.18. The van der Waals surface area contributed by atoms with E-state index in [0.717, 1.165) is 17.0 Å². The number of hydrogen-bond donors (Lipinski definition) is 2. The van der Waals surface area contributed by atoms with Crippen molar-refractivity contribution in [3.63, 3.8) is 0 Å². The Morgan fingerprint density at radius 1 is 1.21 bits per heavy atom. The average Bonchev–Trinajstić information content (AvgIpc) is 3.00. The number of sulfonamides is 1. The molecule has 0 unspecified atom stereocenters. The highest BCUT2D eigenvalue weighted by molar-refractivity contribution is 7.93. The summed E-state index contributed by atoms with van der Waals surface area (Å²) < 4.78 is 46.5. The topological polar surface area (TPSA) is 97.4 Å². The Bertz CT molecular complexity index is 1240. The molecule has 4 rings (SSSR count). The number of fused-ring (bicyclic) bond motifs is 1. The van der Waals surface area contributed by atoms with E-state index in [1.165, 1.54) is 24.3 Å².